The minimum absolute atomic E-state index is 0.252. The number of H-pyrrole nitrogens is 1. The van der Waals surface area contributed by atoms with Crippen LogP contribution in [0.1, 0.15) is 10.5 Å². The molecule has 0 radical (unpaired) electrons. The highest BCUT2D eigenvalue weighted by Crippen LogP contribution is 2.28. The number of fused-ring (bicyclic) bond motifs is 3. The van der Waals surface area contributed by atoms with E-state index in [1.807, 2.05) is 0 Å². The zero-order valence-electron chi connectivity index (χ0n) is 11.2. The van der Waals surface area contributed by atoms with E-state index in [2.05, 4.69) is 15.3 Å². The predicted molar refractivity (Wildman–Crippen MR) is 79.2 cm³/mol. The van der Waals surface area contributed by atoms with E-state index in [1.165, 1.54) is 12.1 Å². The van der Waals surface area contributed by atoms with Crippen molar-refractivity contribution in [3.8, 4) is 5.69 Å². The number of hydrogen-bond acceptors (Lipinski definition) is 3. The zero-order chi connectivity index (χ0) is 15.3. The first-order valence-corrected chi connectivity index (χ1v) is 6.56. The molecule has 7 heteroatoms. The summed E-state index contributed by atoms with van der Waals surface area (Å²) in [6, 6.07) is 9.55. The van der Waals surface area contributed by atoms with Crippen molar-refractivity contribution in [2.24, 2.45) is 5.73 Å². The highest BCUT2D eigenvalue weighted by Gasteiger charge is 2.17. The summed E-state index contributed by atoms with van der Waals surface area (Å²) in [6.45, 7) is 0. The van der Waals surface area contributed by atoms with E-state index < -0.39 is 5.91 Å². The number of carbonyl (C=O) groups excluding carboxylic acids is 1. The van der Waals surface area contributed by atoms with E-state index in [4.69, 9.17) is 5.73 Å². The Morgan fingerprint density at radius 2 is 2.09 bits per heavy atom. The highest BCUT2D eigenvalue weighted by atomic mass is 19.1. The van der Waals surface area contributed by atoms with Crippen LogP contribution in [-0.4, -0.2) is 25.9 Å². The zero-order valence-corrected chi connectivity index (χ0v) is 11.2. The Morgan fingerprint density at radius 3 is 2.86 bits per heavy atom. The molecule has 2 aromatic carbocycles. The fourth-order valence-electron chi connectivity index (χ4n) is 2.63. The molecule has 6 nitrogen and oxygen atoms in total. The number of primary amides is 1. The number of carbonyl (C=O) groups is 1. The molecule has 0 bridgehead atoms. The Hall–Kier alpha value is -3.22. The van der Waals surface area contributed by atoms with Crippen LogP contribution in [0.3, 0.4) is 0 Å². The van der Waals surface area contributed by atoms with Crippen LogP contribution in [0.5, 0.6) is 0 Å². The van der Waals surface area contributed by atoms with Gasteiger partial charge in [0.15, 0.2) is 0 Å². The normalized spacial score (nSPS) is 11.3. The van der Waals surface area contributed by atoms with E-state index in [-0.39, 0.29) is 11.5 Å². The first kappa shape index (κ1) is 12.5. The van der Waals surface area contributed by atoms with Crippen molar-refractivity contribution < 1.29 is 9.18 Å². The van der Waals surface area contributed by atoms with Crippen LogP contribution in [-0.2, 0) is 0 Å². The average molecular weight is 295 g/mol. The Morgan fingerprint density at radius 1 is 1.23 bits per heavy atom. The topological polar surface area (TPSA) is 89.6 Å². The Balaban J connectivity index is 2.17. The van der Waals surface area contributed by atoms with Gasteiger partial charge in [-0.05, 0) is 30.3 Å². The van der Waals surface area contributed by atoms with Gasteiger partial charge in [-0.3, -0.25) is 14.6 Å². The Bertz CT molecular complexity index is 1030. The van der Waals surface area contributed by atoms with Gasteiger partial charge in [0.25, 0.3) is 5.91 Å². The molecule has 4 aromatic rings. The van der Waals surface area contributed by atoms with Gasteiger partial charge in [-0.2, -0.15) is 10.2 Å². The van der Waals surface area contributed by atoms with Gasteiger partial charge in [-0.15, -0.1) is 0 Å². The van der Waals surface area contributed by atoms with Crippen molar-refractivity contribution in [2.45, 2.75) is 0 Å². The van der Waals surface area contributed by atoms with Crippen molar-refractivity contribution in [1.29, 1.82) is 0 Å². The number of nitrogens with two attached hydrogens (primary N) is 1. The molecule has 0 aliphatic rings. The first-order valence-electron chi connectivity index (χ1n) is 6.56. The average Bonchev–Trinajstić information content (AvgIpc) is 3.10. The fourth-order valence-corrected chi connectivity index (χ4v) is 2.63. The minimum Gasteiger partial charge on any atom is -0.364 e. The molecule has 0 saturated heterocycles. The number of benzene rings is 2. The molecule has 3 N–H and O–H groups in total. The van der Waals surface area contributed by atoms with E-state index in [1.54, 1.807) is 35.1 Å². The van der Waals surface area contributed by atoms with Crippen LogP contribution in [0.4, 0.5) is 4.39 Å². The van der Waals surface area contributed by atoms with Gasteiger partial charge in [0.2, 0.25) is 0 Å². The standard InChI is InChI=1S/C15H10FN5O/c16-8-2-1-3-9(6-8)21-14-10(13(20-21)15(17)22)4-5-12-11(14)7-18-19-12/h1-7,20H,(H2,17,22). The van der Waals surface area contributed by atoms with Crippen molar-refractivity contribution >= 4 is 27.7 Å². The molecule has 0 aliphatic carbocycles. The molecule has 0 fully saturated rings. The number of aromatic nitrogens is 4. The third-order valence-corrected chi connectivity index (χ3v) is 3.58. The molecule has 2 heterocycles. The number of amides is 1. The summed E-state index contributed by atoms with van der Waals surface area (Å²) in [5.41, 5.74) is 7.60. The summed E-state index contributed by atoms with van der Waals surface area (Å²) in [5.74, 6) is -0.966. The molecular weight excluding hydrogens is 285 g/mol. The Kier molecular flexibility index (Phi) is 2.50. The minimum atomic E-state index is -0.591. The number of hydrogen-bond donors (Lipinski definition) is 2. The van der Waals surface area contributed by atoms with E-state index in [0.717, 1.165) is 5.39 Å². The molecule has 0 aliphatic heterocycles. The maximum Gasteiger partial charge on any atom is 0.267 e. The number of aromatic amines is 1. The SMILES string of the molecule is NC(=O)c1[nH]n(-c2cccc(F)c2)c2c1ccc1nncc12. The van der Waals surface area contributed by atoms with Crippen LogP contribution in [0, 0.1) is 5.82 Å². The molecule has 0 unspecified atom stereocenters. The number of nitrogens with one attached hydrogen (secondary N) is 1. The molecule has 0 saturated carbocycles. The van der Waals surface area contributed by atoms with Gasteiger partial charge >= 0.3 is 0 Å². The molecule has 108 valence electrons. The molecule has 2 aromatic heterocycles. The second-order valence-corrected chi connectivity index (χ2v) is 4.91. The molecule has 4 rings (SSSR count). The fraction of sp³-hybridized carbons (Fsp3) is 0. The van der Waals surface area contributed by atoms with Crippen molar-refractivity contribution in [1.82, 2.24) is 20.0 Å². The Labute approximate surface area is 123 Å². The predicted octanol–water partition coefficient (Wildman–Crippen LogP) is 2.14. The summed E-state index contributed by atoms with van der Waals surface area (Å²) >= 11 is 0. The molecule has 0 atom stereocenters. The van der Waals surface area contributed by atoms with E-state index >= 15 is 0 Å². The van der Waals surface area contributed by atoms with Gasteiger partial charge in [-0.25, -0.2) is 4.39 Å². The van der Waals surface area contributed by atoms with Crippen LogP contribution in [0.2, 0.25) is 0 Å². The van der Waals surface area contributed by atoms with Gasteiger partial charge in [-0.1, -0.05) is 6.07 Å². The largest absolute Gasteiger partial charge is 0.364 e. The smallest absolute Gasteiger partial charge is 0.267 e. The van der Waals surface area contributed by atoms with Crippen molar-refractivity contribution in [3.63, 3.8) is 0 Å². The van der Waals surface area contributed by atoms with Gasteiger partial charge < -0.3 is 5.73 Å². The monoisotopic (exact) mass is 295 g/mol. The van der Waals surface area contributed by atoms with Crippen molar-refractivity contribution in [3.05, 3.63) is 54.1 Å². The lowest BCUT2D eigenvalue weighted by molar-refractivity contribution is 0.0996. The number of nitrogens with zero attached hydrogens (tertiary/aromatic N) is 3. The summed E-state index contributed by atoms with van der Waals surface area (Å²) in [7, 11) is 0. The maximum atomic E-state index is 13.5. The highest BCUT2D eigenvalue weighted by molar-refractivity contribution is 6.12. The second-order valence-electron chi connectivity index (χ2n) is 4.91. The lowest BCUT2D eigenvalue weighted by atomic mass is 10.1. The third-order valence-electron chi connectivity index (χ3n) is 3.58. The van der Waals surface area contributed by atoms with Gasteiger partial charge in [0, 0.05) is 10.8 Å². The van der Waals surface area contributed by atoms with Crippen LogP contribution in [0.15, 0.2) is 42.6 Å². The van der Waals surface area contributed by atoms with Gasteiger partial charge in [0.1, 0.15) is 11.5 Å². The van der Waals surface area contributed by atoms with Crippen LogP contribution >= 0.6 is 0 Å². The van der Waals surface area contributed by atoms with Crippen LogP contribution < -0.4 is 5.73 Å². The first-order chi connectivity index (χ1) is 10.6. The van der Waals surface area contributed by atoms with Crippen molar-refractivity contribution in [2.75, 3.05) is 0 Å². The summed E-state index contributed by atoms with van der Waals surface area (Å²) in [6.07, 6.45) is 1.60. The third kappa shape index (κ3) is 1.69. The number of halogens is 1. The lowest BCUT2D eigenvalue weighted by Gasteiger charge is -2.05. The van der Waals surface area contributed by atoms with E-state index in [9.17, 15) is 9.18 Å². The van der Waals surface area contributed by atoms with Crippen LogP contribution in [0.25, 0.3) is 27.5 Å². The second kappa shape index (κ2) is 4.39. The molecule has 22 heavy (non-hydrogen) atoms. The van der Waals surface area contributed by atoms with Gasteiger partial charge in [0.05, 0.1) is 22.9 Å². The van der Waals surface area contributed by atoms with E-state index in [0.29, 0.717) is 22.1 Å². The maximum absolute atomic E-state index is 13.5. The quantitative estimate of drug-likeness (QED) is 0.593. The summed E-state index contributed by atoms with van der Waals surface area (Å²) in [5, 5.41) is 12.2. The molecular formula is C15H10FN5O. The lowest BCUT2D eigenvalue weighted by Crippen LogP contribution is -2.12. The molecule has 0 spiro atoms. The molecule has 1 amide bonds. The summed E-state index contributed by atoms with van der Waals surface area (Å²) in [4.78, 5) is 11.7. The number of rotatable bonds is 2. The summed E-state index contributed by atoms with van der Waals surface area (Å²) < 4.78 is 15.1.